The summed E-state index contributed by atoms with van der Waals surface area (Å²) < 4.78 is 0.768. The number of rotatable bonds is 3. The van der Waals surface area contributed by atoms with Crippen LogP contribution in [0.15, 0.2) is 45.3 Å². The SMILES string of the molecule is O=C(Nc1cc(Br)c(O)c(Br)c1)c1ccccc1[N+](=O)[O-]. The fourth-order valence-corrected chi connectivity index (χ4v) is 2.85. The smallest absolute Gasteiger partial charge is 0.282 e. The van der Waals surface area contributed by atoms with E-state index >= 15 is 0 Å². The van der Waals surface area contributed by atoms with Crippen LogP contribution >= 0.6 is 31.9 Å². The van der Waals surface area contributed by atoms with Crippen LogP contribution in [0, 0.1) is 10.1 Å². The number of hydrogen-bond donors (Lipinski definition) is 2. The number of carbonyl (C=O) groups is 1. The van der Waals surface area contributed by atoms with Crippen molar-refractivity contribution in [3.05, 3.63) is 61.0 Å². The van der Waals surface area contributed by atoms with Crippen molar-refractivity contribution in [2.24, 2.45) is 0 Å². The van der Waals surface area contributed by atoms with Gasteiger partial charge in [0.1, 0.15) is 11.3 Å². The van der Waals surface area contributed by atoms with Gasteiger partial charge in [-0.3, -0.25) is 14.9 Å². The summed E-state index contributed by atoms with van der Waals surface area (Å²) in [4.78, 5) is 22.4. The van der Waals surface area contributed by atoms with E-state index in [-0.39, 0.29) is 17.0 Å². The molecular formula is C13H8Br2N2O4. The molecule has 0 unspecified atom stereocenters. The number of carbonyl (C=O) groups excluding carboxylic acids is 1. The van der Waals surface area contributed by atoms with Crippen LogP contribution in [0.1, 0.15) is 10.4 Å². The van der Waals surface area contributed by atoms with Crippen LogP contribution < -0.4 is 5.32 Å². The molecule has 2 aromatic rings. The molecule has 0 fully saturated rings. The van der Waals surface area contributed by atoms with Gasteiger partial charge in [0, 0.05) is 11.8 Å². The van der Waals surface area contributed by atoms with Crippen LogP contribution in [-0.4, -0.2) is 15.9 Å². The Balaban J connectivity index is 2.33. The molecule has 2 N–H and O–H groups in total. The lowest BCUT2D eigenvalue weighted by Gasteiger charge is -2.08. The van der Waals surface area contributed by atoms with Crippen molar-refractivity contribution in [1.82, 2.24) is 0 Å². The molecule has 21 heavy (non-hydrogen) atoms. The lowest BCUT2D eigenvalue weighted by molar-refractivity contribution is -0.385. The van der Waals surface area contributed by atoms with Gasteiger partial charge < -0.3 is 10.4 Å². The number of nitrogens with zero attached hydrogens (tertiary/aromatic N) is 1. The van der Waals surface area contributed by atoms with Gasteiger partial charge in [-0.05, 0) is 50.1 Å². The number of nitro groups is 1. The molecule has 108 valence electrons. The normalized spacial score (nSPS) is 10.2. The number of aromatic hydroxyl groups is 1. The summed E-state index contributed by atoms with van der Waals surface area (Å²) >= 11 is 6.28. The monoisotopic (exact) mass is 414 g/mol. The second-order valence-electron chi connectivity index (χ2n) is 4.02. The third kappa shape index (κ3) is 3.40. The van der Waals surface area contributed by atoms with E-state index in [1.165, 1.54) is 30.3 Å². The van der Waals surface area contributed by atoms with E-state index in [9.17, 15) is 20.0 Å². The van der Waals surface area contributed by atoms with E-state index in [4.69, 9.17) is 0 Å². The third-order valence-corrected chi connectivity index (χ3v) is 3.83. The molecule has 6 nitrogen and oxygen atoms in total. The zero-order chi connectivity index (χ0) is 15.6. The van der Waals surface area contributed by atoms with Crippen molar-refractivity contribution in [3.63, 3.8) is 0 Å². The van der Waals surface area contributed by atoms with Gasteiger partial charge in [-0.2, -0.15) is 0 Å². The van der Waals surface area contributed by atoms with E-state index in [2.05, 4.69) is 37.2 Å². The molecule has 1 amide bonds. The summed E-state index contributed by atoms with van der Waals surface area (Å²) in [5.41, 5.74) is 0.0735. The molecule has 0 heterocycles. The molecule has 0 aliphatic rings. The summed E-state index contributed by atoms with van der Waals surface area (Å²) in [5.74, 6) is -0.606. The van der Waals surface area contributed by atoms with Gasteiger partial charge in [-0.15, -0.1) is 0 Å². The molecule has 0 atom stereocenters. The second-order valence-corrected chi connectivity index (χ2v) is 5.73. The van der Waals surface area contributed by atoms with E-state index in [0.717, 1.165) is 0 Å². The molecular weight excluding hydrogens is 408 g/mol. The molecule has 2 rings (SSSR count). The van der Waals surface area contributed by atoms with Gasteiger partial charge in [0.25, 0.3) is 11.6 Å². The largest absolute Gasteiger partial charge is 0.506 e. The highest BCUT2D eigenvalue weighted by Gasteiger charge is 2.19. The number of halogens is 2. The minimum absolute atomic E-state index is 0.00121. The number of amides is 1. The minimum atomic E-state index is -0.614. The average molecular weight is 416 g/mol. The molecule has 0 spiro atoms. The lowest BCUT2D eigenvalue weighted by atomic mass is 10.1. The predicted octanol–water partition coefficient (Wildman–Crippen LogP) is 4.08. The number of phenolic OH excluding ortho intramolecular Hbond substituents is 1. The predicted molar refractivity (Wildman–Crippen MR) is 84.6 cm³/mol. The number of para-hydroxylation sites is 1. The first-order valence-corrected chi connectivity index (χ1v) is 7.21. The van der Waals surface area contributed by atoms with Crippen molar-refractivity contribution >= 4 is 49.1 Å². The Bertz CT molecular complexity index is 711. The van der Waals surface area contributed by atoms with Crippen LogP contribution in [0.25, 0.3) is 0 Å². The fraction of sp³-hybridized carbons (Fsp3) is 0. The summed E-state index contributed by atoms with van der Waals surface area (Å²) in [5, 5.41) is 23.1. The van der Waals surface area contributed by atoms with Crippen molar-refractivity contribution in [2.45, 2.75) is 0 Å². The topological polar surface area (TPSA) is 92.5 Å². The number of nitro benzene ring substituents is 1. The lowest BCUT2D eigenvalue weighted by Crippen LogP contribution is -2.13. The number of nitrogens with one attached hydrogen (secondary N) is 1. The maximum atomic E-state index is 12.1. The maximum absolute atomic E-state index is 12.1. The summed E-state index contributed by atoms with van der Waals surface area (Å²) in [6, 6.07) is 8.66. The van der Waals surface area contributed by atoms with E-state index in [0.29, 0.717) is 14.6 Å². The summed E-state index contributed by atoms with van der Waals surface area (Å²) in [6.07, 6.45) is 0. The van der Waals surface area contributed by atoms with Crippen molar-refractivity contribution in [2.75, 3.05) is 5.32 Å². The second kappa shape index (κ2) is 6.23. The van der Waals surface area contributed by atoms with E-state index in [1.807, 2.05) is 0 Å². The highest BCUT2D eigenvalue weighted by atomic mass is 79.9. The molecule has 0 aliphatic heterocycles. The van der Waals surface area contributed by atoms with Crippen molar-refractivity contribution in [3.8, 4) is 5.75 Å². The summed E-state index contributed by atoms with van der Waals surface area (Å²) in [7, 11) is 0. The first-order valence-electron chi connectivity index (χ1n) is 5.63. The van der Waals surface area contributed by atoms with E-state index < -0.39 is 10.8 Å². The van der Waals surface area contributed by atoms with Gasteiger partial charge in [-0.25, -0.2) is 0 Å². The molecule has 8 heteroatoms. The Hall–Kier alpha value is -1.93. The fourth-order valence-electron chi connectivity index (χ4n) is 1.66. The standard InChI is InChI=1S/C13H8Br2N2O4/c14-9-5-7(6-10(15)12(9)18)16-13(19)8-3-1-2-4-11(8)17(20)21/h1-6,18H,(H,16,19). The first kappa shape index (κ1) is 15.5. The van der Waals surface area contributed by atoms with Crippen molar-refractivity contribution < 1.29 is 14.8 Å². The zero-order valence-corrected chi connectivity index (χ0v) is 13.5. The highest BCUT2D eigenvalue weighted by Crippen LogP contribution is 2.35. The van der Waals surface area contributed by atoms with Gasteiger partial charge >= 0.3 is 0 Å². The number of phenols is 1. The molecule has 0 aliphatic carbocycles. The Morgan fingerprint density at radius 1 is 1.19 bits per heavy atom. The molecule has 0 saturated heterocycles. The number of anilines is 1. The number of benzene rings is 2. The zero-order valence-electron chi connectivity index (χ0n) is 10.3. The Kier molecular flexibility index (Phi) is 4.59. The molecule has 2 aromatic carbocycles. The third-order valence-electron chi connectivity index (χ3n) is 2.62. The van der Waals surface area contributed by atoms with Gasteiger partial charge in [0.05, 0.1) is 13.9 Å². The highest BCUT2D eigenvalue weighted by molar-refractivity contribution is 9.11. The van der Waals surface area contributed by atoms with Crippen LogP contribution in [-0.2, 0) is 0 Å². The summed E-state index contributed by atoms with van der Waals surface area (Å²) in [6.45, 7) is 0. The van der Waals surface area contributed by atoms with Crippen LogP contribution in [0.5, 0.6) is 5.75 Å². The first-order chi connectivity index (χ1) is 9.90. The van der Waals surface area contributed by atoms with Crippen molar-refractivity contribution in [1.29, 1.82) is 0 Å². The molecule has 0 bridgehead atoms. The van der Waals surface area contributed by atoms with Crippen LogP contribution in [0.4, 0.5) is 11.4 Å². The Morgan fingerprint density at radius 2 is 1.76 bits per heavy atom. The average Bonchev–Trinajstić information content (AvgIpc) is 2.44. The molecule has 0 saturated carbocycles. The Labute approximate surface area is 136 Å². The van der Waals surface area contributed by atoms with Gasteiger partial charge in [0.2, 0.25) is 0 Å². The quantitative estimate of drug-likeness (QED) is 0.448. The molecule has 0 aromatic heterocycles. The Morgan fingerprint density at radius 3 is 2.33 bits per heavy atom. The number of hydrogen-bond acceptors (Lipinski definition) is 4. The maximum Gasteiger partial charge on any atom is 0.282 e. The molecule has 0 radical (unpaired) electrons. The van der Waals surface area contributed by atoms with Gasteiger partial charge in [-0.1, -0.05) is 12.1 Å². The van der Waals surface area contributed by atoms with E-state index in [1.54, 1.807) is 6.07 Å². The van der Waals surface area contributed by atoms with Crippen LogP contribution in [0.3, 0.4) is 0 Å². The van der Waals surface area contributed by atoms with Crippen LogP contribution in [0.2, 0.25) is 0 Å². The minimum Gasteiger partial charge on any atom is -0.506 e. The van der Waals surface area contributed by atoms with Gasteiger partial charge in [0.15, 0.2) is 0 Å².